The van der Waals surface area contributed by atoms with Gasteiger partial charge in [-0.15, -0.1) is 0 Å². The number of aromatic nitrogens is 2. The number of aryl methyl sites for hydroxylation is 1. The van der Waals surface area contributed by atoms with Gasteiger partial charge in [0.05, 0.1) is 12.3 Å². The number of nitrogens with two attached hydrogens (primary N) is 1. The van der Waals surface area contributed by atoms with E-state index in [0.29, 0.717) is 17.1 Å². The van der Waals surface area contributed by atoms with E-state index in [0.717, 1.165) is 12.2 Å². The van der Waals surface area contributed by atoms with E-state index in [9.17, 15) is 4.79 Å². The predicted molar refractivity (Wildman–Crippen MR) is 82.4 cm³/mol. The number of ether oxygens (including phenoxy) is 1. The summed E-state index contributed by atoms with van der Waals surface area (Å²) in [5.74, 6) is 0.766. The molecule has 0 aliphatic carbocycles. The van der Waals surface area contributed by atoms with Gasteiger partial charge in [0.2, 0.25) is 0 Å². The van der Waals surface area contributed by atoms with Crippen molar-refractivity contribution in [1.29, 1.82) is 0 Å². The normalized spacial score (nSPS) is 12.0. The Kier molecular flexibility index (Phi) is 4.47. The Bertz CT molecular complexity index is 636. The minimum absolute atomic E-state index is 0.130. The minimum Gasteiger partial charge on any atom is -0.491 e. The highest BCUT2D eigenvalue weighted by Crippen LogP contribution is 2.20. The first-order valence-electron chi connectivity index (χ1n) is 6.86. The number of rotatable bonds is 5. The summed E-state index contributed by atoms with van der Waals surface area (Å²) in [6, 6.07) is 7.28. The molecule has 3 N–H and O–H groups in total. The molecule has 21 heavy (non-hydrogen) atoms. The fourth-order valence-electron chi connectivity index (χ4n) is 1.78. The molecule has 2 aromatic rings. The molecule has 1 unspecified atom stereocenters. The van der Waals surface area contributed by atoms with Crippen LogP contribution in [0.25, 0.3) is 0 Å². The topological polar surface area (TPSA) is 82.2 Å². The van der Waals surface area contributed by atoms with Gasteiger partial charge in [-0.2, -0.15) is 5.10 Å². The third-order valence-corrected chi connectivity index (χ3v) is 3.23. The maximum atomic E-state index is 12.2. The molecule has 0 spiro atoms. The zero-order valence-corrected chi connectivity index (χ0v) is 12.5. The molecule has 1 heterocycles. The fraction of sp³-hybridized carbons (Fsp3) is 0.333. The van der Waals surface area contributed by atoms with Crippen molar-refractivity contribution in [3.8, 4) is 5.75 Å². The average Bonchev–Trinajstić information content (AvgIpc) is 2.79. The number of nitrogens with one attached hydrogen (secondary N) is 1. The van der Waals surface area contributed by atoms with Crippen molar-refractivity contribution in [3.05, 3.63) is 36.0 Å². The Balaban J connectivity index is 2.11. The van der Waals surface area contributed by atoms with Gasteiger partial charge in [0.1, 0.15) is 17.1 Å². The van der Waals surface area contributed by atoms with Gasteiger partial charge in [0.15, 0.2) is 0 Å². The summed E-state index contributed by atoms with van der Waals surface area (Å²) in [5.41, 5.74) is 6.79. The maximum Gasteiger partial charge on any atom is 0.261 e. The van der Waals surface area contributed by atoms with Crippen LogP contribution < -0.4 is 15.8 Å². The highest BCUT2D eigenvalue weighted by atomic mass is 16.5. The van der Waals surface area contributed by atoms with E-state index in [1.807, 2.05) is 19.1 Å². The molecule has 0 saturated heterocycles. The molecule has 0 radical (unpaired) electrons. The summed E-state index contributed by atoms with van der Waals surface area (Å²) >= 11 is 0. The summed E-state index contributed by atoms with van der Waals surface area (Å²) < 4.78 is 7.18. The number of carbonyl (C=O) groups excluding carboxylic acids is 1. The van der Waals surface area contributed by atoms with Crippen molar-refractivity contribution in [2.45, 2.75) is 26.4 Å². The molecule has 0 fully saturated rings. The quantitative estimate of drug-likeness (QED) is 0.885. The second-order valence-corrected chi connectivity index (χ2v) is 4.89. The highest BCUT2D eigenvalue weighted by Gasteiger charge is 2.14. The number of amides is 1. The molecule has 112 valence electrons. The van der Waals surface area contributed by atoms with Crippen LogP contribution in [0.1, 0.15) is 30.6 Å². The van der Waals surface area contributed by atoms with Crippen LogP contribution >= 0.6 is 0 Å². The molecule has 0 bridgehead atoms. The zero-order chi connectivity index (χ0) is 15.4. The third-order valence-electron chi connectivity index (χ3n) is 3.23. The molecule has 1 atom stereocenters. The predicted octanol–water partition coefficient (Wildman–Crippen LogP) is 2.43. The van der Waals surface area contributed by atoms with Crippen molar-refractivity contribution < 1.29 is 9.53 Å². The molecular formula is C15H20N4O2. The smallest absolute Gasteiger partial charge is 0.261 e. The van der Waals surface area contributed by atoms with E-state index in [4.69, 9.17) is 10.5 Å². The molecule has 6 nitrogen and oxygen atoms in total. The molecule has 0 aliphatic rings. The molecule has 0 aliphatic heterocycles. The van der Waals surface area contributed by atoms with Crippen LogP contribution in [0.3, 0.4) is 0 Å². The monoisotopic (exact) mass is 288 g/mol. The van der Waals surface area contributed by atoms with E-state index in [1.54, 1.807) is 19.2 Å². The van der Waals surface area contributed by atoms with E-state index in [1.165, 1.54) is 10.9 Å². The Labute approximate surface area is 123 Å². The van der Waals surface area contributed by atoms with Crippen molar-refractivity contribution in [2.75, 3.05) is 11.1 Å². The van der Waals surface area contributed by atoms with Crippen LogP contribution in [0.2, 0.25) is 0 Å². The van der Waals surface area contributed by atoms with Crippen molar-refractivity contribution >= 4 is 17.4 Å². The van der Waals surface area contributed by atoms with Gasteiger partial charge in [0.25, 0.3) is 5.91 Å². The zero-order valence-electron chi connectivity index (χ0n) is 12.5. The largest absolute Gasteiger partial charge is 0.491 e. The summed E-state index contributed by atoms with van der Waals surface area (Å²) in [7, 11) is 1.69. The van der Waals surface area contributed by atoms with Crippen molar-refractivity contribution in [2.24, 2.45) is 7.05 Å². The van der Waals surface area contributed by atoms with Crippen LogP contribution in [0.5, 0.6) is 5.75 Å². The lowest BCUT2D eigenvalue weighted by Crippen LogP contribution is -2.14. The van der Waals surface area contributed by atoms with Gasteiger partial charge >= 0.3 is 0 Å². The third kappa shape index (κ3) is 3.53. The molecular weight excluding hydrogens is 268 g/mol. The SMILES string of the molecule is CCC(C)Oc1cccc(NC(=O)c2cnn(C)c2N)c1. The van der Waals surface area contributed by atoms with Gasteiger partial charge in [-0.3, -0.25) is 9.48 Å². The first-order chi connectivity index (χ1) is 10.0. The van der Waals surface area contributed by atoms with Crippen LogP contribution in [0, 0.1) is 0 Å². The molecule has 1 amide bonds. The molecule has 1 aromatic heterocycles. The number of nitrogen functional groups attached to an aromatic ring is 1. The van der Waals surface area contributed by atoms with E-state index in [-0.39, 0.29) is 12.0 Å². The molecule has 0 saturated carbocycles. The number of hydrogen-bond acceptors (Lipinski definition) is 4. The second kappa shape index (κ2) is 6.30. The van der Waals surface area contributed by atoms with Crippen molar-refractivity contribution in [3.63, 3.8) is 0 Å². The van der Waals surface area contributed by atoms with Gasteiger partial charge < -0.3 is 15.8 Å². The Morgan fingerprint density at radius 1 is 1.52 bits per heavy atom. The van der Waals surface area contributed by atoms with E-state index in [2.05, 4.69) is 17.3 Å². The van der Waals surface area contributed by atoms with E-state index >= 15 is 0 Å². The second-order valence-electron chi connectivity index (χ2n) is 4.89. The first-order valence-corrected chi connectivity index (χ1v) is 6.86. The number of anilines is 2. The number of benzene rings is 1. The van der Waals surface area contributed by atoms with Crippen LogP contribution in [0.4, 0.5) is 11.5 Å². The lowest BCUT2D eigenvalue weighted by molar-refractivity contribution is 0.102. The lowest BCUT2D eigenvalue weighted by atomic mass is 10.2. The Morgan fingerprint density at radius 3 is 2.90 bits per heavy atom. The summed E-state index contributed by atoms with van der Waals surface area (Å²) in [6.07, 6.45) is 2.50. The van der Waals surface area contributed by atoms with E-state index < -0.39 is 0 Å². The number of hydrogen-bond donors (Lipinski definition) is 2. The standard InChI is InChI=1S/C15H20N4O2/c1-4-10(2)21-12-7-5-6-11(8-12)18-15(20)13-9-17-19(3)14(13)16/h5-10H,4,16H2,1-3H3,(H,18,20). The average molecular weight is 288 g/mol. The fourth-order valence-corrected chi connectivity index (χ4v) is 1.78. The highest BCUT2D eigenvalue weighted by molar-refractivity contribution is 6.07. The van der Waals surface area contributed by atoms with Crippen LogP contribution in [-0.2, 0) is 7.05 Å². The molecule has 6 heteroatoms. The van der Waals surface area contributed by atoms with Crippen LogP contribution in [-0.4, -0.2) is 21.8 Å². The summed E-state index contributed by atoms with van der Waals surface area (Å²) in [4.78, 5) is 12.2. The van der Waals surface area contributed by atoms with Gasteiger partial charge in [-0.05, 0) is 25.5 Å². The van der Waals surface area contributed by atoms with Gasteiger partial charge in [-0.25, -0.2) is 0 Å². The van der Waals surface area contributed by atoms with Gasteiger partial charge in [-0.1, -0.05) is 13.0 Å². The number of carbonyl (C=O) groups is 1. The number of nitrogens with zero attached hydrogens (tertiary/aromatic N) is 2. The lowest BCUT2D eigenvalue weighted by Gasteiger charge is -2.13. The molecule has 1 aromatic carbocycles. The van der Waals surface area contributed by atoms with Crippen molar-refractivity contribution in [1.82, 2.24) is 9.78 Å². The summed E-state index contributed by atoms with van der Waals surface area (Å²) in [6.45, 7) is 4.06. The maximum absolute atomic E-state index is 12.2. The Hall–Kier alpha value is -2.50. The minimum atomic E-state index is -0.290. The van der Waals surface area contributed by atoms with Crippen LogP contribution in [0.15, 0.2) is 30.5 Å². The Morgan fingerprint density at radius 2 is 2.29 bits per heavy atom. The van der Waals surface area contributed by atoms with Gasteiger partial charge in [0, 0.05) is 18.8 Å². The summed E-state index contributed by atoms with van der Waals surface area (Å²) in [5, 5.41) is 6.74. The molecule has 2 rings (SSSR count). The first kappa shape index (κ1) is 14.9.